The van der Waals surface area contributed by atoms with E-state index in [4.69, 9.17) is 79.2 Å². The zero-order valence-corrected chi connectivity index (χ0v) is 37.5. The zero-order valence-electron chi connectivity index (χ0n) is 25.6. The van der Waals surface area contributed by atoms with Crippen LogP contribution in [0.1, 0.15) is 0 Å². The van der Waals surface area contributed by atoms with Crippen LogP contribution in [0.15, 0.2) is 0 Å². The fourth-order valence-corrected chi connectivity index (χ4v) is 0. The Morgan fingerprint density at radius 3 is 0.271 bits per heavy atom. The minimum Gasteiger partial charge on any atom is -0.549 e. The van der Waals surface area contributed by atoms with E-state index in [1.165, 1.54) is 0 Å². The second-order valence-electron chi connectivity index (χ2n) is 4.61. The van der Waals surface area contributed by atoms with Gasteiger partial charge in [-0.1, -0.05) is 0 Å². The minimum atomic E-state index is -1.22. The number of carbonyl (C=O) groups is 8. The van der Waals surface area contributed by atoms with Crippen LogP contribution in [0.3, 0.4) is 0 Å². The molecule has 0 radical (unpaired) electrons. The molecule has 0 aromatic rings. The van der Waals surface area contributed by atoms with Crippen LogP contribution in [-0.2, 0) is 116 Å². The first-order valence-corrected chi connectivity index (χ1v) is 9.36. The first kappa shape index (κ1) is 104. The summed E-state index contributed by atoms with van der Waals surface area (Å²) >= 11 is 0. The van der Waals surface area contributed by atoms with E-state index in [0.717, 1.165) is 0 Å². The number of carboxylic acids is 8. The number of hydrogen-bond donors (Lipinski definition) is 8. The molecule has 0 atom stereocenters. The second kappa shape index (κ2) is 96.8. The van der Waals surface area contributed by atoms with E-state index in [1.807, 2.05) is 0 Å². The van der Waals surface area contributed by atoms with Gasteiger partial charge in [0.15, 0.2) is 0 Å². The Morgan fingerprint density at radius 1 is 0.250 bits per heavy atom. The molecule has 0 saturated carbocycles. The molecule has 0 aliphatic heterocycles. The van der Waals surface area contributed by atoms with E-state index >= 15 is 0 Å². The summed E-state index contributed by atoms with van der Waals surface area (Å²) < 4.78 is 0. The third-order valence-electron chi connectivity index (χ3n) is 1.33. The molecule has 32 heteroatoms. The monoisotopic (exact) mass is 920 g/mol. The largest absolute Gasteiger partial charge is 2.00 e. The molecule has 0 saturated heterocycles. The fraction of sp³-hybridized carbons (Fsp3) is 0.500. The zero-order chi connectivity index (χ0) is 34.3. The average molecular weight is 926 g/mol. The average Bonchev–Trinajstić information content (AvgIpc) is 2.90. The summed E-state index contributed by atoms with van der Waals surface area (Å²) in [6, 6.07) is 0. The number of nitrogens with two attached hydrogens (primary N) is 8. The Kier molecular flexibility index (Phi) is 209. The molecular weight excluding hydrogens is 886 g/mol. The van der Waals surface area contributed by atoms with Gasteiger partial charge in [-0.2, -0.15) is 0 Å². The van der Waals surface area contributed by atoms with E-state index in [1.54, 1.807) is 0 Å². The summed E-state index contributed by atoms with van der Waals surface area (Å²) in [5.41, 5.74) is 36.1. The maximum absolute atomic E-state index is 9.13. The van der Waals surface area contributed by atoms with Crippen LogP contribution >= 0.6 is 0 Å². The summed E-state index contributed by atoms with van der Waals surface area (Å²) in [5, 5.41) is 73.1. The quantitative estimate of drug-likeness (QED) is 0.105. The first-order chi connectivity index (χ1) is 18.2. The van der Waals surface area contributed by atoms with Gasteiger partial charge in [-0.3, -0.25) is 0 Å². The SMILES string of the molecule is NCC(=O)[O-].NCC(=O)[O-].NCC(=O)[O-].NCC(=O)[O-].NCC(=O)[O-].NCC(=O)[O-].NCC(=O)[O-].NCC(=O)[O-].O.O.O.O.[Zn+2].[Zn+2].[Zn+2].[Zn+2]. The van der Waals surface area contributed by atoms with Crippen molar-refractivity contribution in [3.63, 3.8) is 0 Å². The third kappa shape index (κ3) is 422. The molecule has 0 heterocycles. The van der Waals surface area contributed by atoms with Crippen LogP contribution in [0.5, 0.6) is 0 Å². The molecule has 272 valence electrons. The molecule has 0 aromatic carbocycles. The number of aliphatic carboxylic acids is 8. The van der Waals surface area contributed by atoms with Crippen molar-refractivity contribution >= 4 is 47.8 Å². The van der Waals surface area contributed by atoms with Gasteiger partial charge in [0.05, 0.1) is 47.8 Å². The van der Waals surface area contributed by atoms with Crippen LogP contribution in [0.2, 0.25) is 0 Å². The van der Waals surface area contributed by atoms with Crippen molar-refractivity contribution in [3.05, 3.63) is 0 Å². The number of carbonyl (C=O) groups excluding carboxylic acids is 8. The van der Waals surface area contributed by atoms with Crippen LogP contribution < -0.4 is 86.7 Å². The van der Waals surface area contributed by atoms with Gasteiger partial charge in [0.25, 0.3) is 0 Å². The Labute approximate surface area is 323 Å². The first-order valence-electron chi connectivity index (χ1n) is 9.36. The summed E-state index contributed by atoms with van der Waals surface area (Å²) in [4.78, 5) is 73.1. The Bertz CT molecular complexity index is 536. The van der Waals surface area contributed by atoms with E-state index in [0.29, 0.717) is 0 Å². The summed E-state index contributed by atoms with van der Waals surface area (Å²) in [5.74, 6) is -9.74. The van der Waals surface area contributed by atoms with Crippen molar-refractivity contribution in [2.24, 2.45) is 45.9 Å². The Balaban J connectivity index is -0.0000000170. The van der Waals surface area contributed by atoms with E-state index in [9.17, 15) is 0 Å². The standard InChI is InChI=1S/8C2H5NO2.4H2O.4Zn/c8*3-1-2(4)5;;;;;;;;/h8*1,3H2,(H,4,5);4*1H2;;;;/q;;;;;;;;;;;;4*+2/p-8. The van der Waals surface area contributed by atoms with Crippen LogP contribution in [0.4, 0.5) is 0 Å². The van der Waals surface area contributed by atoms with Crippen LogP contribution in [-0.4, -0.2) is 122 Å². The van der Waals surface area contributed by atoms with E-state index in [2.05, 4.69) is 45.9 Å². The molecule has 0 aromatic heterocycles. The summed E-state index contributed by atoms with van der Waals surface area (Å²) in [6.07, 6.45) is 0. The van der Waals surface area contributed by atoms with E-state index < -0.39 is 47.8 Å². The molecule has 48 heavy (non-hydrogen) atoms. The molecule has 0 aliphatic carbocycles. The molecule has 28 nitrogen and oxygen atoms in total. The molecule has 0 unspecified atom stereocenters. The van der Waals surface area contributed by atoms with Gasteiger partial charge in [-0.15, -0.1) is 0 Å². The molecule has 0 amide bonds. The van der Waals surface area contributed by atoms with Gasteiger partial charge >= 0.3 is 77.9 Å². The molecule has 0 bridgehead atoms. The van der Waals surface area contributed by atoms with Crippen molar-refractivity contribution in [2.75, 3.05) is 52.4 Å². The van der Waals surface area contributed by atoms with Crippen molar-refractivity contribution in [1.82, 2.24) is 0 Å². The molecular formula is C16H40N8O20Zn4. The van der Waals surface area contributed by atoms with Crippen molar-refractivity contribution < 1.29 is 179 Å². The summed E-state index contributed by atoms with van der Waals surface area (Å²) in [6.45, 7) is -3.11. The predicted octanol–water partition coefficient (Wildman–Crippen LogP) is -21.7. The molecule has 0 spiro atoms. The van der Waals surface area contributed by atoms with E-state index in [-0.39, 0.29) is 152 Å². The molecule has 0 fully saturated rings. The fourth-order valence-electron chi connectivity index (χ4n) is 0. The Morgan fingerprint density at radius 2 is 0.271 bits per heavy atom. The molecule has 0 aliphatic rings. The van der Waals surface area contributed by atoms with Gasteiger partial charge in [-0.05, 0) is 0 Å². The normalized spacial score (nSPS) is 6.17. The smallest absolute Gasteiger partial charge is 0.549 e. The predicted molar refractivity (Wildman–Crippen MR) is 127 cm³/mol. The number of carboxylic acid groups (broad SMARTS) is 8. The Hall–Kier alpha value is -2.23. The van der Waals surface area contributed by atoms with Gasteiger partial charge in [-0.25, -0.2) is 0 Å². The van der Waals surface area contributed by atoms with Gasteiger partial charge in [0, 0.05) is 52.4 Å². The maximum Gasteiger partial charge on any atom is 2.00 e. The van der Waals surface area contributed by atoms with Crippen molar-refractivity contribution in [1.29, 1.82) is 0 Å². The number of rotatable bonds is 8. The van der Waals surface area contributed by atoms with Crippen molar-refractivity contribution in [2.45, 2.75) is 0 Å². The van der Waals surface area contributed by atoms with Gasteiger partial charge < -0.3 is 147 Å². The maximum atomic E-state index is 9.13. The summed E-state index contributed by atoms with van der Waals surface area (Å²) in [7, 11) is 0. The van der Waals surface area contributed by atoms with Crippen molar-refractivity contribution in [3.8, 4) is 0 Å². The minimum absolute atomic E-state index is 0. The van der Waals surface area contributed by atoms with Crippen LogP contribution in [0, 0.1) is 0 Å². The van der Waals surface area contributed by atoms with Crippen LogP contribution in [0.25, 0.3) is 0 Å². The topological polar surface area (TPSA) is 655 Å². The van der Waals surface area contributed by atoms with Gasteiger partial charge in [0.1, 0.15) is 0 Å². The third-order valence-corrected chi connectivity index (χ3v) is 1.33. The number of hydrogen-bond acceptors (Lipinski definition) is 24. The molecule has 0 rings (SSSR count). The van der Waals surface area contributed by atoms with Gasteiger partial charge in [0.2, 0.25) is 0 Å². The molecule has 24 N–H and O–H groups in total. The second-order valence-corrected chi connectivity index (χ2v) is 4.61.